The van der Waals surface area contributed by atoms with Crippen LogP contribution in [-0.4, -0.2) is 24.6 Å². The van der Waals surface area contributed by atoms with E-state index in [4.69, 9.17) is 21.8 Å². The van der Waals surface area contributed by atoms with Gasteiger partial charge in [-0.05, 0) is 37.3 Å². The fraction of sp³-hybridized carbons (Fsp3) is 0.125. The molecule has 2 aromatic carbocycles. The zero-order valence-corrected chi connectivity index (χ0v) is 15.9. The van der Waals surface area contributed by atoms with Crippen LogP contribution in [0.2, 0.25) is 5.02 Å². The largest absolute Gasteiger partial charge is 0.431 e. The number of primary amides is 1. The van der Waals surface area contributed by atoms with E-state index in [2.05, 4.69) is 9.71 Å². The molecule has 26 heavy (non-hydrogen) atoms. The number of para-hydroxylation sites is 1. The second kappa shape index (κ2) is 7.18. The molecule has 0 aliphatic heterocycles. The van der Waals surface area contributed by atoms with Crippen molar-refractivity contribution in [1.82, 2.24) is 4.98 Å². The van der Waals surface area contributed by atoms with Crippen LogP contribution in [0.25, 0.3) is 11.1 Å². The summed E-state index contributed by atoms with van der Waals surface area (Å²) in [6.45, 7) is 1.63. The number of hydrogen-bond acceptors (Lipinski definition) is 6. The van der Waals surface area contributed by atoms with Gasteiger partial charge in [0.25, 0.3) is 15.2 Å². The van der Waals surface area contributed by atoms with Gasteiger partial charge in [-0.1, -0.05) is 35.5 Å². The molecule has 0 unspecified atom stereocenters. The molecule has 1 atom stereocenters. The smallest absolute Gasteiger partial charge is 0.262 e. The van der Waals surface area contributed by atoms with E-state index >= 15 is 0 Å². The molecule has 0 bridgehead atoms. The highest BCUT2D eigenvalue weighted by molar-refractivity contribution is 8.00. The summed E-state index contributed by atoms with van der Waals surface area (Å²) in [5, 5.41) is 0.00535. The third-order valence-corrected chi connectivity index (χ3v) is 6.10. The van der Waals surface area contributed by atoms with E-state index in [1.165, 1.54) is 18.2 Å². The molecule has 10 heteroatoms. The predicted molar refractivity (Wildman–Crippen MR) is 101 cm³/mol. The number of benzene rings is 2. The van der Waals surface area contributed by atoms with Crippen molar-refractivity contribution in [3.63, 3.8) is 0 Å². The number of anilines is 1. The van der Waals surface area contributed by atoms with E-state index < -0.39 is 21.2 Å². The summed E-state index contributed by atoms with van der Waals surface area (Å²) in [6.07, 6.45) is 0. The minimum absolute atomic E-state index is 0.0118. The second-order valence-corrected chi connectivity index (χ2v) is 8.74. The lowest BCUT2D eigenvalue weighted by Crippen LogP contribution is -2.22. The second-order valence-electron chi connectivity index (χ2n) is 5.36. The van der Waals surface area contributed by atoms with Gasteiger partial charge in [-0.25, -0.2) is 13.4 Å². The van der Waals surface area contributed by atoms with Crippen LogP contribution in [0.3, 0.4) is 0 Å². The molecule has 1 amide bonds. The van der Waals surface area contributed by atoms with E-state index in [0.717, 1.165) is 11.8 Å². The maximum absolute atomic E-state index is 12.6. The van der Waals surface area contributed by atoms with Gasteiger partial charge in [0.2, 0.25) is 5.91 Å². The summed E-state index contributed by atoms with van der Waals surface area (Å²) in [4.78, 5) is 15.4. The van der Waals surface area contributed by atoms with E-state index in [1.807, 2.05) is 0 Å². The SMILES string of the molecule is C[C@H](Sc1nc2cc(S(=O)(=O)Nc3ccccc3Cl)ccc2o1)C(N)=O. The van der Waals surface area contributed by atoms with Crippen LogP contribution in [-0.2, 0) is 14.8 Å². The van der Waals surface area contributed by atoms with Crippen LogP contribution in [0.15, 0.2) is 57.0 Å². The van der Waals surface area contributed by atoms with Crippen molar-refractivity contribution in [3.8, 4) is 0 Å². The molecule has 0 fully saturated rings. The molecule has 0 spiro atoms. The van der Waals surface area contributed by atoms with Crippen LogP contribution in [0.5, 0.6) is 0 Å². The Kier molecular flexibility index (Phi) is 5.12. The topological polar surface area (TPSA) is 115 Å². The van der Waals surface area contributed by atoms with E-state index in [-0.39, 0.29) is 20.8 Å². The van der Waals surface area contributed by atoms with E-state index in [1.54, 1.807) is 31.2 Å². The van der Waals surface area contributed by atoms with Gasteiger partial charge < -0.3 is 10.2 Å². The number of nitrogens with two attached hydrogens (primary N) is 1. The highest BCUT2D eigenvalue weighted by Crippen LogP contribution is 2.29. The number of nitrogens with one attached hydrogen (secondary N) is 1. The number of amides is 1. The van der Waals surface area contributed by atoms with Gasteiger partial charge in [-0.3, -0.25) is 9.52 Å². The van der Waals surface area contributed by atoms with E-state index in [9.17, 15) is 13.2 Å². The summed E-state index contributed by atoms with van der Waals surface area (Å²) in [5.74, 6) is -0.496. The molecule has 3 aromatic rings. The normalized spacial score (nSPS) is 12.8. The summed E-state index contributed by atoms with van der Waals surface area (Å²) >= 11 is 7.06. The third kappa shape index (κ3) is 3.95. The number of thioether (sulfide) groups is 1. The maximum Gasteiger partial charge on any atom is 0.262 e. The van der Waals surface area contributed by atoms with Crippen molar-refractivity contribution in [1.29, 1.82) is 0 Å². The van der Waals surface area contributed by atoms with Crippen LogP contribution < -0.4 is 10.5 Å². The van der Waals surface area contributed by atoms with Crippen molar-refractivity contribution in [2.75, 3.05) is 4.72 Å². The predicted octanol–water partition coefficient (Wildman–Crippen LogP) is 3.25. The maximum atomic E-state index is 12.6. The highest BCUT2D eigenvalue weighted by atomic mass is 35.5. The Hall–Kier alpha value is -2.23. The standard InChI is InChI=1S/C16H14ClN3O4S2/c1-9(15(18)21)25-16-19-13-8-10(6-7-14(13)24-16)26(22,23)20-12-5-3-2-4-11(12)17/h2-9,20H,1H3,(H2,18,21)/t9-/m0/s1. The van der Waals surface area contributed by atoms with Crippen LogP contribution in [0, 0.1) is 0 Å². The lowest BCUT2D eigenvalue weighted by atomic mass is 10.3. The number of hydrogen-bond donors (Lipinski definition) is 2. The van der Waals surface area contributed by atoms with Crippen LogP contribution >= 0.6 is 23.4 Å². The van der Waals surface area contributed by atoms with Gasteiger partial charge >= 0.3 is 0 Å². The minimum atomic E-state index is -3.85. The Labute approximate surface area is 159 Å². The lowest BCUT2D eigenvalue weighted by molar-refractivity contribution is -0.117. The lowest BCUT2D eigenvalue weighted by Gasteiger charge is -2.09. The fourth-order valence-corrected chi connectivity index (χ4v) is 4.11. The summed E-state index contributed by atoms with van der Waals surface area (Å²) in [6, 6.07) is 10.8. The van der Waals surface area contributed by atoms with Crippen molar-refractivity contribution in [2.45, 2.75) is 22.3 Å². The number of aromatic nitrogens is 1. The Balaban J connectivity index is 1.90. The Morgan fingerprint density at radius 2 is 2.04 bits per heavy atom. The zero-order valence-electron chi connectivity index (χ0n) is 13.5. The van der Waals surface area contributed by atoms with Gasteiger partial charge in [-0.15, -0.1) is 0 Å². The van der Waals surface area contributed by atoms with Crippen molar-refractivity contribution in [2.24, 2.45) is 5.73 Å². The Morgan fingerprint density at radius 1 is 1.31 bits per heavy atom. The molecule has 0 aliphatic rings. The molecular formula is C16H14ClN3O4S2. The quantitative estimate of drug-likeness (QED) is 0.601. The molecule has 0 saturated carbocycles. The van der Waals surface area contributed by atoms with Crippen molar-refractivity contribution < 1.29 is 17.6 Å². The molecular weight excluding hydrogens is 398 g/mol. The summed E-state index contributed by atoms with van der Waals surface area (Å²) in [5.41, 5.74) is 6.25. The fourth-order valence-electron chi connectivity index (χ4n) is 2.06. The molecule has 3 rings (SSSR count). The molecule has 1 aromatic heterocycles. The average molecular weight is 412 g/mol. The number of carbonyl (C=O) groups is 1. The van der Waals surface area contributed by atoms with Crippen LogP contribution in [0.4, 0.5) is 5.69 Å². The van der Waals surface area contributed by atoms with Gasteiger partial charge in [0.05, 0.1) is 20.9 Å². The average Bonchev–Trinajstić information content (AvgIpc) is 2.98. The molecule has 0 aliphatic carbocycles. The molecule has 0 radical (unpaired) electrons. The number of fused-ring (bicyclic) bond motifs is 1. The minimum Gasteiger partial charge on any atom is -0.431 e. The molecule has 136 valence electrons. The van der Waals surface area contributed by atoms with Gasteiger partial charge in [0.1, 0.15) is 5.52 Å². The first kappa shape index (κ1) is 18.6. The van der Waals surface area contributed by atoms with E-state index in [0.29, 0.717) is 11.1 Å². The zero-order chi connectivity index (χ0) is 18.9. The number of sulfonamides is 1. The number of halogens is 1. The Morgan fingerprint density at radius 3 is 2.73 bits per heavy atom. The number of carbonyl (C=O) groups excluding carboxylic acids is 1. The summed E-state index contributed by atoms with van der Waals surface area (Å²) < 4.78 is 33.1. The molecule has 0 saturated heterocycles. The first-order valence-electron chi connectivity index (χ1n) is 7.40. The number of nitrogens with zero attached hydrogens (tertiary/aromatic N) is 1. The monoisotopic (exact) mass is 411 g/mol. The number of oxazole rings is 1. The Bertz CT molecular complexity index is 1080. The van der Waals surface area contributed by atoms with Gasteiger partial charge in [-0.2, -0.15) is 0 Å². The summed E-state index contributed by atoms with van der Waals surface area (Å²) in [7, 11) is -3.85. The van der Waals surface area contributed by atoms with Gasteiger partial charge in [0, 0.05) is 0 Å². The van der Waals surface area contributed by atoms with Gasteiger partial charge in [0.15, 0.2) is 5.58 Å². The first-order valence-corrected chi connectivity index (χ1v) is 10.1. The molecule has 7 nitrogen and oxygen atoms in total. The first-order chi connectivity index (χ1) is 12.3. The van der Waals surface area contributed by atoms with Crippen molar-refractivity contribution >= 4 is 56.1 Å². The van der Waals surface area contributed by atoms with Crippen LogP contribution in [0.1, 0.15) is 6.92 Å². The molecule has 1 heterocycles. The number of rotatable bonds is 6. The van der Waals surface area contributed by atoms with Crippen molar-refractivity contribution in [3.05, 3.63) is 47.5 Å². The molecule has 3 N–H and O–H groups in total. The third-order valence-electron chi connectivity index (χ3n) is 3.45. The highest BCUT2D eigenvalue weighted by Gasteiger charge is 2.19.